The smallest absolute Gasteiger partial charge is 0.136 e. The third kappa shape index (κ3) is 3.66. The maximum absolute atomic E-state index is 4.41. The van der Waals surface area contributed by atoms with Gasteiger partial charge in [0.25, 0.3) is 0 Å². The highest BCUT2D eigenvalue weighted by atomic mass is 15.2. The summed E-state index contributed by atoms with van der Waals surface area (Å²) in [6, 6.07) is 0.483. The molecule has 0 radical (unpaired) electrons. The number of aromatic nitrogens is 2. The fraction of sp³-hybridized carbons (Fsp3) is 0.692. The minimum absolute atomic E-state index is 0.483. The Labute approximate surface area is 103 Å². The van der Waals surface area contributed by atoms with Crippen molar-refractivity contribution >= 4 is 5.82 Å². The Morgan fingerprint density at radius 3 is 2.88 bits per heavy atom. The van der Waals surface area contributed by atoms with Gasteiger partial charge in [-0.25, -0.2) is 9.97 Å². The van der Waals surface area contributed by atoms with Crippen molar-refractivity contribution in [3.63, 3.8) is 0 Å². The van der Waals surface area contributed by atoms with Crippen LogP contribution in [0.5, 0.6) is 0 Å². The first-order chi connectivity index (χ1) is 8.16. The van der Waals surface area contributed by atoms with E-state index >= 15 is 0 Å². The zero-order valence-corrected chi connectivity index (χ0v) is 11.0. The SMILES string of the molecule is CC(C)NCc1cncnc1N(C)CC1CC1. The lowest BCUT2D eigenvalue weighted by Crippen LogP contribution is -2.26. The molecule has 0 amide bonds. The molecule has 94 valence electrons. The molecule has 1 aliphatic rings. The lowest BCUT2D eigenvalue weighted by atomic mass is 10.2. The zero-order valence-electron chi connectivity index (χ0n) is 11.0. The van der Waals surface area contributed by atoms with Gasteiger partial charge < -0.3 is 10.2 Å². The average Bonchev–Trinajstić information content (AvgIpc) is 3.10. The molecule has 0 saturated heterocycles. The van der Waals surface area contributed by atoms with Crippen LogP contribution >= 0.6 is 0 Å². The van der Waals surface area contributed by atoms with Crippen LogP contribution in [0.25, 0.3) is 0 Å². The third-order valence-corrected chi connectivity index (χ3v) is 3.06. The molecule has 1 N–H and O–H groups in total. The Kier molecular flexibility index (Phi) is 3.94. The molecule has 17 heavy (non-hydrogen) atoms. The van der Waals surface area contributed by atoms with E-state index < -0.39 is 0 Å². The Morgan fingerprint density at radius 2 is 2.24 bits per heavy atom. The number of anilines is 1. The van der Waals surface area contributed by atoms with Crippen LogP contribution in [0.1, 0.15) is 32.3 Å². The first-order valence-corrected chi connectivity index (χ1v) is 6.40. The van der Waals surface area contributed by atoms with Gasteiger partial charge in [-0.2, -0.15) is 0 Å². The molecular weight excluding hydrogens is 212 g/mol. The topological polar surface area (TPSA) is 41.1 Å². The van der Waals surface area contributed by atoms with E-state index in [0.717, 1.165) is 24.8 Å². The summed E-state index contributed by atoms with van der Waals surface area (Å²) >= 11 is 0. The minimum atomic E-state index is 0.483. The van der Waals surface area contributed by atoms with Gasteiger partial charge in [-0.3, -0.25) is 0 Å². The maximum Gasteiger partial charge on any atom is 0.136 e. The van der Waals surface area contributed by atoms with Crippen molar-refractivity contribution < 1.29 is 0 Å². The number of hydrogen-bond acceptors (Lipinski definition) is 4. The number of nitrogens with zero attached hydrogens (tertiary/aromatic N) is 3. The van der Waals surface area contributed by atoms with Crippen molar-refractivity contribution in [2.24, 2.45) is 5.92 Å². The highest BCUT2D eigenvalue weighted by molar-refractivity contribution is 5.44. The molecule has 1 heterocycles. The predicted octanol–water partition coefficient (Wildman–Crippen LogP) is 1.82. The Morgan fingerprint density at radius 1 is 1.47 bits per heavy atom. The van der Waals surface area contributed by atoms with E-state index in [1.165, 1.54) is 18.4 Å². The highest BCUT2D eigenvalue weighted by Gasteiger charge is 2.24. The number of rotatable bonds is 6. The minimum Gasteiger partial charge on any atom is -0.359 e. The zero-order chi connectivity index (χ0) is 12.3. The van der Waals surface area contributed by atoms with Crippen molar-refractivity contribution in [3.05, 3.63) is 18.1 Å². The Hall–Kier alpha value is -1.16. The molecule has 1 fully saturated rings. The van der Waals surface area contributed by atoms with Gasteiger partial charge in [0.05, 0.1) is 0 Å². The van der Waals surface area contributed by atoms with Crippen LogP contribution in [0.4, 0.5) is 5.82 Å². The molecule has 4 nitrogen and oxygen atoms in total. The van der Waals surface area contributed by atoms with Gasteiger partial charge in [0.1, 0.15) is 12.1 Å². The molecule has 0 spiro atoms. The summed E-state index contributed by atoms with van der Waals surface area (Å²) in [4.78, 5) is 10.8. The predicted molar refractivity (Wildman–Crippen MR) is 70.0 cm³/mol. The van der Waals surface area contributed by atoms with Crippen molar-refractivity contribution in [3.8, 4) is 0 Å². The monoisotopic (exact) mass is 234 g/mol. The van der Waals surface area contributed by atoms with Gasteiger partial charge in [0, 0.05) is 37.9 Å². The summed E-state index contributed by atoms with van der Waals surface area (Å²) in [6.45, 7) is 6.25. The molecule has 1 aromatic rings. The van der Waals surface area contributed by atoms with Crippen LogP contribution in [-0.2, 0) is 6.54 Å². The van der Waals surface area contributed by atoms with Gasteiger partial charge in [-0.1, -0.05) is 13.8 Å². The number of hydrogen-bond donors (Lipinski definition) is 1. The second kappa shape index (κ2) is 5.45. The molecule has 0 aromatic carbocycles. The first kappa shape index (κ1) is 12.3. The van der Waals surface area contributed by atoms with Crippen LogP contribution < -0.4 is 10.2 Å². The normalized spacial score (nSPS) is 15.3. The molecule has 0 aliphatic heterocycles. The first-order valence-electron chi connectivity index (χ1n) is 6.40. The second-order valence-electron chi connectivity index (χ2n) is 5.23. The molecule has 0 bridgehead atoms. The van der Waals surface area contributed by atoms with E-state index in [1.807, 2.05) is 6.20 Å². The molecule has 0 unspecified atom stereocenters. The van der Waals surface area contributed by atoms with Crippen molar-refractivity contribution in [1.29, 1.82) is 0 Å². The third-order valence-electron chi connectivity index (χ3n) is 3.06. The Balaban J connectivity index is 2.02. The summed E-state index contributed by atoms with van der Waals surface area (Å²) in [7, 11) is 2.12. The molecular formula is C13H22N4. The van der Waals surface area contributed by atoms with Crippen molar-refractivity contribution in [2.75, 3.05) is 18.5 Å². The Bertz CT molecular complexity index is 360. The van der Waals surface area contributed by atoms with Crippen LogP contribution in [0, 0.1) is 5.92 Å². The second-order valence-corrected chi connectivity index (χ2v) is 5.23. The summed E-state index contributed by atoms with van der Waals surface area (Å²) in [5, 5.41) is 3.42. The van der Waals surface area contributed by atoms with E-state index in [4.69, 9.17) is 0 Å². The average molecular weight is 234 g/mol. The molecule has 1 aromatic heterocycles. The van der Waals surface area contributed by atoms with E-state index in [-0.39, 0.29) is 0 Å². The van der Waals surface area contributed by atoms with Gasteiger partial charge in [0.15, 0.2) is 0 Å². The van der Waals surface area contributed by atoms with Gasteiger partial charge >= 0.3 is 0 Å². The quantitative estimate of drug-likeness (QED) is 0.815. The van der Waals surface area contributed by atoms with Crippen LogP contribution in [-0.4, -0.2) is 29.6 Å². The highest BCUT2D eigenvalue weighted by Crippen LogP contribution is 2.30. The molecule has 2 rings (SSSR count). The molecule has 0 atom stereocenters. The van der Waals surface area contributed by atoms with Crippen molar-refractivity contribution in [2.45, 2.75) is 39.3 Å². The van der Waals surface area contributed by atoms with E-state index in [9.17, 15) is 0 Å². The van der Waals surface area contributed by atoms with Crippen molar-refractivity contribution in [1.82, 2.24) is 15.3 Å². The van der Waals surface area contributed by atoms with E-state index in [2.05, 4.69) is 41.1 Å². The van der Waals surface area contributed by atoms with Crippen LogP contribution in [0.2, 0.25) is 0 Å². The van der Waals surface area contributed by atoms with Gasteiger partial charge in [-0.15, -0.1) is 0 Å². The summed E-state index contributed by atoms with van der Waals surface area (Å²) in [5.41, 5.74) is 1.18. The van der Waals surface area contributed by atoms with Gasteiger partial charge in [0.2, 0.25) is 0 Å². The molecule has 4 heteroatoms. The van der Waals surface area contributed by atoms with E-state index in [1.54, 1.807) is 6.33 Å². The summed E-state index contributed by atoms with van der Waals surface area (Å²) in [5.74, 6) is 1.95. The lowest BCUT2D eigenvalue weighted by Gasteiger charge is -2.21. The fourth-order valence-electron chi connectivity index (χ4n) is 1.91. The van der Waals surface area contributed by atoms with E-state index in [0.29, 0.717) is 6.04 Å². The van der Waals surface area contributed by atoms with Gasteiger partial charge in [-0.05, 0) is 18.8 Å². The fourth-order valence-corrected chi connectivity index (χ4v) is 1.91. The maximum atomic E-state index is 4.41. The summed E-state index contributed by atoms with van der Waals surface area (Å²) < 4.78 is 0. The van der Waals surface area contributed by atoms with Crippen LogP contribution in [0.15, 0.2) is 12.5 Å². The standard InChI is InChI=1S/C13H22N4/c1-10(2)15-7-12-6-14-9-16-13(12)17(3)8-11-4-5-11/h6,9-11,15H,4-5,7-8H2,1-3H3. The molecule has 1 aliphatic carbocycles. The van der Waals surface area contributed by atoms with Crippen LogP contribution in [0.3, 0.4) is 0 Å². The lowest BCUT2D eigenvalue weighted by molar-refractivity contribution is 0.585. The largest absolute Gasteiger partial charge is 0.359 e. The summed E-state index contributed by atoms with van der Waals surface area (Å²) in [6.07, 6.45) is 6.29. The molecule has 1 saturated carbocycles. The number of nitrogens with one attached hydrogen (secondary N) is 1.